The van der Waals surface area contributed by atoms with Crippen molar-refractivity contribution in [2.45, 2.75) is 13.5 Å². The minimum absolute atomic E-state index is 0.174. The number of halogens is 2. The van der Waals surface area contributed by atoms with Crippen molar-refractivity contribution in [1.29, 1.82) is 0 Å². The Morgan fingerprint density at radius 3 is 2.31 bits per heavy atom. The van der Waals surface area contributed by atoms with Gasteiger partial charge in [0.2, 0.25) is 0 Å². The van der Waals surface area contributed by atoms with E-state index in [-0.39, 0.29) is 22.9 Å². The van der Waals surface area contributed by atoms with Crippen LogP contribution in [0.2, 0.25) is 10.0 Å². The number of carbonyl (C=O) groups excluding carboxylic acids is 3. The van der Waals surface area contributed by atoms with Crippen LogP contribution in [0.3, 0.4) is 0 Å². The second-order valence-electron chi connectivity index (χ2n) is 7.43. The molecule has 3 aromatic carbocycles. The van der Waals surface area contributed by atoms with Crippen molar-refractivity contribution in [1.82, 2.24) is 5.32 Å². The molecule has 1 aliphatic heterocycles. The maximum atomic E-state index is 13.1. The molecular weight excluding hydrogens is 491 g/mol. The van der Waals surface area contributed by atoms with Gasteiger partial charge in [-0.15, -0.1) is 0 Å². The summed E-state index contributed by atoms with van der Waals surface area (Å²) in [5, 5.41) is 2.97. The van der Waals surface area contributed by atoms with Crippen molar-refractivity contribution in [3.8, 4) is 11.5 Å². The number of hydrogen-bond donors (Lipinski definition) is 1. The van der Waals surface area contributed by atoms with Gasteiger partial charge in [0.1, 0.15) is 12.2 Å². The summed E-state index contributed by atoms with van der Waals surface area (Å²) in [6.07, 6.45) is 1.38. The molecule has 1 fully saturated rings. The number of benzene rings is 3. The Labute approximate surface area is 211 Å². The van der Waals surface area contributed by atoms with Crippen LogP contribution in [0.25, 0.3) is 6.08 Å². The molecule has 9 heteroatoms. The van der Waals surface area contributed by atoms with Crippen LogP contribution in [-0.4, -0.2) is 24.5 Å². The highest BCUT2D eigenvalue weighted by molar-refractivity contribution is 6.42. The summed E-state index contributed by atoms with van der Waals surface area (Å²) >= 11 is 12.4. The SMILES string of the molecule is CCOc1cc(/C=C2\C(=O)NC(=O)N(c3ccccc3Cl)C2=O)ccc1OCc1ccccc1Cl. The number of ether oxygens (including phenoxy) is 2. The van der Waals surface area contributed by atoms with Crippen molar-refractivity contribution in [3.05, 3.63) is 93.5 Å². The summed E-state index contributed by atoms with van der Waals surface area (Å²) in [7, 11) is 0. The van der Waals surface area contributed by atoms with Crippen LogP contribution >= 0.6 is 23.2 Å². The van der Waals surface area contributed by atoms with Crippen LogP contribution in [0.1, 0.15) is 18.1 Å². The average Bonchev–Trinajstić information content (AvgIpc) is 2.83. The third-order valence-corrected chi connectivity index (χ3v) is 5.80. The summed E-state index contributed by atoms with van der Waals surface area (Å²) < 4.78 is 11.6. The maximum Gasteiger partial charge on any atom is 0.335 e. The molecule has 0 aromatic heterocycles. The molecule has 0 unspecified atom stereocenters. The number of carbonyl (C=O) groups is 3. The second-order valence-corrected chi connectivity index (χ2v) is 8.24. The van der Waals surface area contributed by atoms with Gasteiger partial charge in [0.25, 0.3) is 11.8 Å². The molecular formula is C26H20Cl2N2O5. The molecule has 0 spiro atoms. The van der Waals surface area contributed by atoms with Crippen LogP contribution in [-0.2, 0) is 16.2 Å². The molecule has 4 rings (SSSR count). The number of para-hydroxylation sites is 1. The van der Waals surface area contributed by atoms with Gasteiger partial charge in [-0.05, 0) is 48.9 Å². The number of nitrogens with zero attached hydrogens (tertiary/aromatic N) is 1. The van der Waals surface area contributed by atoms with Gasteiger partial charge in [-0.2, -0.15) is 0 Å². The van der Waals surface area contributed by atoms with Gasteiger partial charge in [-0.3, -0.25) is 14.9 Å². The quantitative estimate of drug-likeness (QED) is 0.328. The molecule has 0 radical (unpaired) electrons. The summed E-state index contributed by atoms with van der Waals surface area (Å²) in [6, 6.07) is 17.8. The first kappa shape index (κ1) is 24.3. The van der Waals surface area contributed by atoms with E-state index in [2.05, 4.69) is 5.32 Å². The molecule has 178 valence electrons. The van der Waals surface area contributed by atoms with Crippen molar-refractivity contribution >= 4 is 52.8 Å². The lowest BCUT2D eigenvalue weighted by molar-refractivity contribution is -0.122. The van der Waals surface area contributed by atoms with E-state index in [4.69, 9.17) is 32.7 Å². The van der Waals surface area contributed by atoms with Gasteiger partial charge in [-0.1, -0.05) is 59.6 Å². The van der Waals surface area contributed by atoms with Gasteiger partial charge in [0.05, 0.1) is 17.3 Å². The van der Waals surface area contributed by atoms with Gasteiger partial charge in [0.15, 0.2) is 11.5 Å². The highest BCUT2D eigenvalue weighted by Crippen LogP contribution is 2.32. The van der Waals surface area contributed by atoms with E-state index in [0.29, 0.717) is 28.7 Å². The Morgan fingerprint density at radius 1 is 0.886 bits per heavy atom. The van der Waals surface area contributed by atoms with Crippen LogP contribution in [0.5, 0.6) is 11.5 Å². The van der Waals surface area contributed by atoms with Crippen molar-refractivity contribution < 1.29 is 23.9 Å². The standard InChI is InChI=1S/C26H20Cl2N2O5/c1-2-34-23-14-16(11-12-22(23)35-15-17-7-3-4-8-19(17)27)13-18-24(31)29-26(33)30(25(18)32)21-10-6-5-9-20(21)28/h3-14H,2,15H2,1H3,(H,29,31,33)/b18-13+. The lowest BCUT2D eigenvalue weighted by atomic mass is 10.1. The highest BCUT2D eigenvalue weighted by atomic mass is 35.5. The normalized spacial score (nSPS) is 14.8. The molecule has 7 nitrogen and oxygen atoms in total. The predicted molar refractivity (Wildman–Crippen MR) is 134 cm³/mol. The zero-order valence-electron chi connectivity index (χ0n) is 18.6. The fraction of sp³-hybridized carbons (Fsp3) is 0.115. The summed E-state index contributed by atoms with van der Waals surface area (Å²) in [5.41, 5.74) is 1.27. The van der Waals surface area contributed by atoms with Crippen LogP contribution in [0.15, 0.2) is 72.3 Å². The maximum absolute atomic E-state index is 13.1. The predicted octanol–water partition coefficient (Wildman–Crippen LogP) is 5.64. The van der Waals surface area contributed by atoms with E-state index in [1.807, 2.05) is 25.1 Å². The molecule has 3 aromatic rings. The Bertz CT molecular complexity index is 1340. The van der Waals surface area contributed by atoms with Crippen LogP contribution in [0.4, 0.5) is 10.5 Å². The molecule has 0 bridgehead atoms. The number of barbiturate groups is 1. The summed E-state index contributed by atoms with van der Waals surface area (Å²) in [5.74, 6) is -0.693. The van der Waals surface area contributed by atoms with Crippen LogP contribution in [0, 0.1) is 0 Å². The largest absolute Gasteiger partial charge is 0.490 e. The van der Waals surface area contributed by atoms with E-state index in [9.17, 15) is 14.4 Å². The third kappa shape index (κ3) is 5.31. The minimum Gasteiger partial charge on any atom is -0.490 e. The van der Waals surface area contributed by atoms with Gasteiger partial charge >= 0.3 is 6.03 Å². The number of urea groups is 1. The van der Waals surface area contributed by atoms with Crippen LogP contribution < -0.4 is 19.7 Å². The van der Waals surface area contributed by atoms with Crippen molar-refractivity contribution in [2.24, 2.45) is 0 Å². The number of amides is 4. The lowest BCUT2D eigenvalue weighted by Crippen LogP contribution is -2.54. The van der Waals surface area contributed by atoms with Crippen molar-refractivity contribution in [3.63, 3.8) is 0 Å². The third-order valence-electron chi connectivity index (χ3n) is 5.11. The first-order valence-electron chi connectivity index (χ1n) is 10.7. The summed E-state index contributed by atoms with van der Waals surface area (Å²) in [6.45, 7) is 2.43. The minimum atomic E-state index is -0.872. The fourth-order valence-corrected chi connectivity index (χ4v) is 3.86. The Balaban J connectivity index is 1.63. The zero-order valence-corrected chi connectivity index (χ0v) is 20.1. The summed E-state index contributed by atoms with van der Waals surface area (Å²) in [4.78, 5) is 38.9. The van der Waals surface area contributed by atoms with E-state index < -0.39 is 17.8 Å². The van der Waals surface area contributed by atoms with E-state index in [1.54, 1.807) is 42.5 Å². The number of anilines is 1. The smallest absolute Gasteiger partial charge is 0.335 e. The monoisotopic (exact) mass is 510 g/mol. The fourth-order valence-electron chi connectivity index (χ4n) is 3.45. The molecule has 0 saturated carbocycles. The first-order valence-corrected chi connectivity index (χ1v) is 11.4. The second kappa shape index (κ2) is 10.6. The topological polar surface area (TPSA) is 84.9 Å². The molecule has 1 heterocycles. The molecule has 0 atom stereocenters. The molecule has 1 N–H and O–H groups in total. The molecule has 1 aliphatic rings. The van der Waals surface area contributed by atoms with Gasteiger partial charge in [-0.25, -0.2) is 9.69 Å². The first-order chi connectivity index (χ1) is 16.9. The van der Waals surface area contributed by atoms with E-state index in [0.717, 1.165) is 10.5 Å². The van der Waals surface area contributed by atoms with E-state index in [1.165, 1.54) is 12.1 Å². The Kier molecular flexibility index (Phi) is 7.39. The van der Waals surface area contributed by atoms with E-state index >= 15 is 0 Å². The number of imide groups is 2. The number of rotatable bonds is 7. The Morgan fingerprint density at radius 2 is 1.60 bits per heavy atom. The van der Waals surface area contributed by atoms with Crippen molar-refractivity contribution in [2.75, 3.05) is 11.5 Å². The molecule has 1 saturated heterocycles. The highest BCUT2D eigenvalue weighted by Gasteiger charge is 2.37. The average molecular weight is 511 g/mol. The molecule has 0 aliphatic carbocycles. The number of nitrogens with one attached hydrogen (secondary N) is 1. The molecule has 4 amide bonds. The number of hydrogen-bond acceptors (Lipinski definition) is 5. The molecule has 35 heavy (non-hydrogen) atoms. The van der Waals surface area contributed by atoms with Gasteiger partial charge in [0, 0.05) is 10.6 Å². The zero-order chi connectivity index (χ0) is 24.9. The lowest BCUT2D eigenvalue weighted by Gasteiger charge is -2.27. The van der Waals surface area contributed by atoms with Gasteiger partial charge < -0.3 is 9.47 Å². The Hall–Kier alpha value is -3.81.